The number of hydrogen-bond acceptors (Lipinski definition) is 5. The third-order valence-electron chi connectivity index (χ3n) is 7.64. The van der Waals surface area contributed by atoms with Gasteiger partial charge in [-0.15, -0.1) is 0 Å². The minimum Gasteiger partial charge on any atom is -0.473 e. The third kappa shape index (κ3) is 3.21. The highest BCUT2D eigenvalue weighted by Gasteiger charge is 2.77. The van der Waals surface area contributed by atoms with Crippen LogP contribution in [0.25, 0.3) is 0 Å². The summed E-state index contributed by atoms with van der Waals surface area (Å²) in [5, 5.41) is 11.3. The van der Waals surface area contributed by atoms with Gasteiger partial charge in [0.25, 0.3) is 0 Å². The van der Waals surface area contributed by atoms with Crippen LogP contribution in [0.15, 0.2) is 77.3 Å². The number of halogens is 2. The quantitative estimate of drug-likeness (QED) is 0.476. The van der Waals surface area contributed by atoms with Crippen LogP contribution in [0.2, 0.25) is 5.02 Å². The number of hydrogen-bond donors (Lipinski definition) is 1. The third-order valence-corrected chi connectivity index (χ3v) is 10.7. The summed E-state index contributed by atoms with van der Waals surface area (Å²) in [5.74, 6) is -1.50. The van der Waals surface area contributed by atoms with Crippen LogP contribution in [0.4, 0.5) is 0 Å². The number of sulfonamides is 1. The van der Waals surface area contributed by atoms with Crippen LogP contribution in [0.1, 0.15) is 35.4 Å². The first-order valence-corrected chi connectivity index (χ1v) is 14.4. The maximum absolute atomic E-state index is 14.5. The largest absolute Gasteiger partial charge is 0.473 e. The topological polar surface area (TPSA) is 83.9 Å². The first-order valence-electron chi connectivity index (χ1n) is 11.8. The molecule has 3 aromatic carbocycles. The lowest BCUT2D eigenvalue weighted by atomic mass is 9.77. The van der Waals surface area contributed by atoms with E-state index in [2.05, 4.69) is 15.9 Å². The molecule has 0 aromatic heterocycles. The van der Waals surface area contributed by atoms with Crippen molar-refractivity contribution in [2.45, 2.75) is 35.2 Å². The highest BCUT2D eigenvalue weighted by atomic mass is 79.9. The second-order valence-electron chi connectivity index (χ2n) is 9.54. The molecule has 2 heterocycles. The van der Waals surface area contributed by atoms with E-state index in [1.807, 2.05) is 6.07 Å². The zero-order valence-electron chi connectivity index (χ0n) is 19.1. The predicted molar refractivity (Wildman–Crippen MR) is 140 cm³/mol. The van der Waals surface area contributed by atoms with Gasteiger partial charge in [-0.1, -0.05) is 76.1 Å². The molecule has 3 aliphatic rings. The van der Waals surface area contributed by atoms with Crippen LogP contribution in [-0.4, -0.2) is 42.0 Å². The molecule has 1 N–H and O–H groups in total. The molecule has 2 fully saturated rings. The van der Waals surface area contributed by atoms with Gasteiger partial charge in [0.2, 0.25) is 21.4 Å². The summed E-state index contributed by atoms with van der Waals surface area (Å²) in [4.78, 5) is 14.5. The molecule has 2 aliphatic heterocycles. The number of nitrogens with zero attached hydrogens (tertiary/aromatic N) is 1. The lowest BCUT2D eigenvalue weighted by Crippen LogP contribution is -2.53. The Balaban J connectivity index is 1.72. The van der Waals surface area contributed by atoms with Crippen molar-refractivity contribution in [2.24, 2.45) is 0 Å². The molecule has 9 heteroatoms. The summed E-state index contributed by atoms with van der Waals surface area (Å²) in [6, 6.07) is 20.6. The minimum absolute atomic E-state index is 0.121. The van der Waals surface area contributed by atoms with Gasteiger partial charge in [-0.3, -0.25) is 4.79 Å². The summed E-state index contributed by atoms with van der Waals surface area (Å²) in [7, 11) is -4.15. The zero-order chi connectivity index (χ0) is 25.3. The summed E-state index contributed by atoms with van der Waals surface area (Å²) in [6.45, 7) is 0.703. The molecule has 6 rings (SSSR count). The van der Waals surface area contributed by atoms with Crippen molar-refractivity contribution < 1.29 is 23.1 Å². The Labute approximate surface area is 223 Å². The zero-order valence-corrected chi connectivity index (χ0v) is 22.3. The van der Waals surface area contributed by atoms with Crippen LogP contribution in [0.5, 0.6) is 5.75 Å². The number of Topliss-reactive ketones (excluding diaryl/α,β-unsaturated/α-hetero) is 1. The minimum atomic E-state index is -4.15. The molecule has 36 heavy (non-hydrogen) atoms. The molecule has 1 aliphatic carbocycles. The SMILES string of the molecule is O=C1C2(c3ccc(Br)cc3)Oc3cc(Cl)ccc3[C@]1(O)C(S(=O)(=O)N1CCCC1)C2c1ccccc1. The lowest BCUT2D eigenvalue weighted by molar-refractivity contribution is -0.151. The molecule has 3 unspecified atom stereocenters. The second kappa shape index (κ2) is 8.39. The second-order valence-corrected chi connectivity index (χ2v) is 12.9. The Morgan fingerprint density at radius 1 is 1.00 bits per heavy atom. The molecule has 0 spiro atoms. The fraction of sp³-hybridized carbons (Fsp3) is 0.296. The fourth-order valence-corrected chi connectivity index (χ4v) is 8.96. The summed E-state index contributed by atoms with van der Waals surface area (Å²) in [6.07, 6.45) is 1.46. The molecule has 186 valence electrons. The highest BCUT2D eigenvalue weighted by molar-refractivity contribution is 9.10. The highest BCUT2D eigenvalue weighted by Crippen LogP contribution is 2.64. The van der Waals surface area contributed by atoms with Gasteiger partial charge in [0.1, 0.15) is 11.0 Å². The number of ketones is 1. The molecular weight excluding hydrogens is 566 g/mol. The van der Waals surface area contributed by atoms with Crippen LogP contribution in [0, 0.1) is 0 Å². The van der Waals surface area contributed by atoms with Gasteiger partial charge in [-0.2, -0.15) is 0 Å². The average Bonchev–Trinajstić information content (AvgIpc) is 3.45. The molecule has 1 saturated carbocycles. The van der Waals surface area contributed by atoms with Gasteiger partial charge in [-0.25, -0.2) is 12.7 Å². The van der Waals surface area contributed by atoms with E-state index in [0.717, 1.165) is 17.3 Å². The van der Waals surface area contributed by atoms with E-state index in [0.29, 0.717) is 29.2 Å². The van der Waals surface area contributed by atoms with E-state index in [4.69, 9.17) is 16.3 Å². The molecule has 4 atom stereocenters. The number of ether oxygens (including phenoxy) is 1. The van der Waals surface area contributed by atoms with Gasteiger partial charge in [0.05, 0.1) is 5.92 Å². The average molecular weight is 589 g/mol. The van der Waals surface area contributed by atoms with Crippen molar-refractivity contribution in [1.29, 1.82) is 0 Å². The van der Waals surface area contributed by atoms with E-state index in [-0.39, 0.29) is 11.3 Å². The standard InChI is InChI=1S/C27H23BrClNO5S/c28-19-10-8-18(9-11-19)27-23(17-6-2-1-3-7-17)24(36(33,34)30-14-4-5-15-30)26(32,25(27)31)21-13-12-20(29)16-22(21)35-27/h1-3,6-13,16,23-24,32H,4-5,14-15H2/t23?,24?,26-,27?/m0/s1. The van der Waals surface area contributed by atoms with Crippen molar-refractivity contribution >= 4 is 43.3 Å². The van der Waals surface area contributed by atoms with Gasteiger partial charge in [0.15, 0.2) is 5.60 Å². The molecule has 3 aromatic rings. The molecule has 1 saturated heterocycles. The van der Waals surface area contributed by atoms with Crippen molar-refractivity contribution in [3.05, 3.63) is 99.0 Å². The molecule has 0 amide bonds. The molecular formula is C27H23BrClNO5S. The monoisotopic (exact) mass is 587 g/mol. The van der Waals surface area contributed by atoms with E-state index in [1.54, 1.807) is 48.5 Å². The number of fused-ring (bicyclic) bond motifs is 4. The van der Waals surface area contributed by atoms with E-state index in [1.165, 1.54) is 22.5 Å². The van der Waals surface area contributed by atoms with E-state index in [9.17, 15) is 18.3 Å². The number of rotatable bonds is 4. The van der Waals surface area contributed by atoms with Crippen LogP contribution >= 0.6 is 27.5 Å². The molecule has 2 bridgehead atoms. The van der Waals surface area contributed by atoms with Crippen LogP contribution in [-0.2, 0) is 26.0 Å². The van der Waals surface area contributed by atoms with Crippen molar-refractivity contribution in [3.63, 3.8) is 0 Å². The Kier molecular flexibility index (Phi) is 5.63. The van der Waals surface area contributed by atoms with Crippen molar-refractivity contribution in [3.8, 4) is 5.75 Å². The van der Waals surface area contributed by atoms with Gasteiger partial charge in [-0.05, 0) is 42.7 Å². The van der Waals surface area contributed by atoms with Crippen LogP contribution < -0.4 is 4.74 Å². The number of carbonyl (C=O) groups excluding carboxylic acids is 1. The van der Waals surface area contributed by atoms with E-state index >= 15 is 0 Å². The summed E-state index contributed by atoms with van der Waals surface area (Å²) in [5.41, 5.74) is -2.95. The Bertz CT molecular complexity index is 1460. The number of benzene rings is 3. The first kappa shape index (κ1) is 24.1. The fourth-order valence-electron chi connectivity index (χ4n) is 6.09. The summed E-state index contributed by atoms with van der Waals surface area (Å²) < 4.78 is 37.4. The lowest BCUT2D eigenvalue weighted by Gasteiger charge is -2.39. The van der Waals surface area contributed by atoms with Gasteiger partial charge in [0, 0.05) is 33.7 Å². The van der Waals surface area contributed by atoms with Crippen molar-refractivity contribution in [2.75, 3.05) is 13.1 Å². The van der Waals surface area contributed by atoms with Crippen molar-refractivity contribution in [1.82, 2.24) is 4.31 Å². The Morgan fingerprint density at radius 2 is 1.67 bits per heavy atom. The number of carbonyl (C=O) groups is 1. The van der Waals surface area contributed by atoms with Crippen LogP contribution in [0.3, 0.4) is 0 Å². The van der Waals surface area contributed by atoms with Gasteiger partial charge >= 0.3 is 0 Å². The Hall–Kier alpha value is -2.23. The maximum Gasteiger partial charge on any atom is 0.221 e. The summed E-state index contributed by atoms with van der Waals surface area (Å²) >= 11 is 9.72. The first-order chi connectivity index (χ1) is 17.2. The maximum atomic E-state index is 14.5. The van der Waals surface area contributed by atoms with Gasteiger partial charge < -0.3 is 9.84 Å². The Morgan fingerprint density at radius 3 is 2.33 bits per heavy atom. The predicted octanol–water partition coefficient (Wildman–Crippen LogP) is 4.74. The van der Waals surface area contributed by atoms with E-state index < -0.39 is 38.2 Å². The smallest absolute Gasteiger partial charge is 0.221 e. The molecule has 0 radical (unpaired) electrons. The molecule has 6 nitrogen and oxygen atoms in total. The number of aliphatic hydroxyl groups is 1. The normalized spacial score (nSPS) is 29.7.